The highest BCUT2D eigenvalue weighted by Gasteiger charge is 2.12. The van der Waals surface area contributed by atoms with Crippen molar-refractivity contribution in [2.75, 3.05) is 5.32 Å². The lowest BCUT2D eigenvalue weighted by molar-refractivity contribution is 0.102. The molecule has 0 aliphatic carbocycles. The smallest absolute Gasteiger partial charge is 0.266 e. The van der Waals surface area contributed by atoms with Crippen LogP contribution in [0.1, 0.15) is 20.1 Å². The van der Waals surface area contributed by atoms with Crippen molar-refractivity contribution in [3.8, 4) is 0 Å². The molecule has 0 saturated heterocycles. The lowest BCUT2D eigenvalue weighted by Gasteiger charge is -2.09. The largest absolute Gasteiger partial charge is 0.306 e. The van der Waals surface area contributed by atoms with Gasteiger partial charge in [-0.3, -0.25) is 4.79 Å². The summed E-state index contributed by atoms with van der Waals surface area (Å²) in [6.45, 7) is 2.48. The first-order valence-electron chi connectivity index (χ1n) is 6.76. The number of hydrogen-bond donors (Lipinski definition) is 1. The van der Waals surface area contributed by atoms with E-state index in [9.17, 15) is 4.79 Å². The van der Waals surface area contributed by atoms with E-state index in [1.807, 2.05) is 43.3 Å². The van der Waals surface area contributed by atoms with Crippen molar-refractivity contribution in [1.29, 1.82) is 0 Å². The maximum Gasteiger partial charge on any atom is 0.266 e. The van der Waals surface area contributed by atoms with Gasteiger partial charge in [-0.05, 0) is 30.7 Å². The maximum absolute atomic E-state index is 12.2. The predicted molar refractivity (Wildman–Crippen MR) is 89.8 cm³/mol. The molecule has 1 amide bonds. The fourth-order valence-corrected chi connectivity index (χ4v) is 3.05. The monoisotopic (exact) mass is 331 g/mol. The molecule has 1 aromatic carbocycles. The number of carbonyl (C=O) groups excluding carboxylic acids is 1. The molecule has 112 valence electrons. The predicted octanol–water partition coefficient (Wildman–Crippen LogP) is 4.21. The second kappa shape index (κ2) is 6.34. The van der Waals surface area contributed by atoms with Gasteiger partial charge in [-0.2, -0.15) is 5.10 Å². The fourth-order valence-electron chi connectivity index (χ4n) is 2.09. The van der Waals surface area contributed by atoms with Crippen LogP contribution in [-0.4, -0.2) is 15.7 Å². The molecule has 0 atom stereocenters. The van der Waals surface area contributed by atoms with Gasteiger partial charge in [0.1, 0.15) is 5.82 Å². The normalized spacial score (nSPS) is 10.6. The van der Waals surface area contributed by atoms with Crippen molar-refractivity contribution < 1.29 is 4.79 Å². The molecule has 0 spiro atoms. The number of benzene rings is 1. The van der Waals surface area contributed by atoms with E-state index < -0.39 is 0 Å². The summed E-state index contributed by atoms with van der Waals surface area (Å²) < 4.78 is 1.72. The van der Waals surface area contributed by atoms with E-state index in [2.05, 4.69) is 10.4 Å². The standard InChI is InChI=1S/C16H14ClN3OS/c1-11-6-7-14(22-11)16(21)19-15-8-9-18-20(15)10-12-4-2-3-5-13(12)17/h2-9H,10H2,1H3,(H,19,21). The van der Waals surface area contributed by atoms with E-state index in [1.165, 1.54) is 11.3 Å². The second-order valence-electron chi connectivity index (χ2n) is 4.83. The number of nitrogens with zero attached hydrogens (tertiary/aromatic N) is 2. The van der Waals surface area contributed by atoms with Gasteiger partial charge in [0.25, 0.3) is 5.91 Å². The zero-order valence-electron chi connectivity index (χ0n) is 11.9. The number of aromatic nitrogens is 2. The summed E-state index contributed by atoms with van der Waals surface area (Å²) in [5, 5.41) is 7.82. The molecule has 1 N–H and O–H groups in total. The fraction of sp³-hybridized carbons (Fsp3) is 0.125. The molecule has 6 heteroatoms. The highest BCUT2D eigenvalue weighted by atomic mass is 35.5. The molecule has 3 rings (SSSR count). The van der Waals surface area contributed by atoms with Gasteiger partial charge in [0.2, 0.25) is 0 Å². The summed E-state index contributed by atoms with van der Waals surface area (Å²) >= 11 is 7.64. The van der Waals surface area contributed by atoms with Crippen LogP contribution in [0.15, 0.2) is 48.7 Å². The molecule has 0 fully saturated rings. The van der Waals surface area contributed by atoms with Crippen molar-refractivity contribution >= 4 is 34.7 Å². The molecule has 22 heavy (non-hydrogen) atoms. The van der Waals surface area contributed by atoms with Gasteiger partial charge in [-0.25, -0.2) is 4.68 Å². The number of halogens is 1. The Kier molecular flexibility index (Phi) is 4.27. The Morgan fingerprint density at radius 1 is 1.27 bits per heavy atom. The Morgan fingerprint density at radius 3 is 2.82 bits per heavy atom. The Labute approximate surface area is 137 Å². The van der Waals surface area contributed by atoms with Crippen molar-refractivity contribution in [3.05, 3.63) is 69.0 Å². The first kappa shape index (κ1) is 14.8. The minimum absolute atomic E-state index is 0.126. The number of anilines is 1. The lowest BCUT2D eigenvalue weighted by atomic mass is 10.2. The molecule has 0 aliphatic rings. The Hall–Kier alpha value is -2.11. The van der Waals surface area contributed by atoms with Crippen LogP contribution in [0.4, 0.5) is 5.82 Å². The van der Waals surface area contributed by atoms with Gasteiger partial charge in [-0.15, -0.1) is 11.3 Å². The quantitative estimate of drug-likeness (QED) is 0.778. The summed E-state index contributed by atoms with van der Waals surface area (Å²) in [6.07, 6.45) is 1.66. The van der Waals surface area contributed by atoms with Gasteiger partial charge < -0.3 is 5.32 Å². The number of nitrogens with one attached hydrogen (secondary N) is 1. The highest BCUT2D eigenvalue weighted by molar-refractivity contribution is 7.14. The van der Waals surface area contributed by atoms with Gasteiger partial charge in [-0.1, -0.05) is 29.8 Å². The SMILES string of the molecule is Cc1ccc(C(=O)Nc2ccnn2Cc2ccccc2Cl)s1. The molecule has 2 aromatic heterocycles. The molecule has 4 nitrogen and oxygen atoms in total. The van der Waals surface area contributed by atoms with E-state index in [0.717, 1.165) is 10.4 Å². The number of thiophene rings is 1. The zero-order chi connectivity index (χ0) is 15.5. The zero-order valence-corrected chi connectivity index (χ0v) is 13.5. The molecule has 0 aliphatic heterocycles. The van der Waals surface area contributed by atoms with E-state index in [0.29, 0.717) is 22.3 Å². The number of hydrogen-bond acceptors (Lipinski definition) is 3. The molecule has 2 heterocycles. The maximum atomic E-state index is 12.2. The van der Waals surface area contributed by atoms with Crippen molar-refractivity contribution in [2.24, 2.45) is 0 Å². The average Bonchev–Trinajstić information content (AvgIpc) is 3.11. The Balaban J connectivity index is 1.78. The molecular weight excluding hydrogens is 318 g/mol. The van der Waals surface area contributed by atoms with Gasteiger partial charge >= 0.3 is 0 Å². The molecule has 0 saturated carbocycles. The number of rotatable bonds is 4. The van der Waals surface area contributed by atoms with Crippen LogP contribution in [0.2, 0.25) is 5.02 Å². The summed E-state index contributed by atoms with van der Waals surface area (Å²) in [4.78, 5) is 14.0. The van der Waals surface area contributed by atoms with Crippen LogP contribution < -0.4 is 5.32 Å². The first-order chi connectivity index (χ1) is 10.6. The van der Waals surface area contributed by atoms with Crippen LogP contribution in [0.5, 0.6) is 0 Å². The molecule has 0 unspecified atom stereocenters. The van der Waals surface area contributed by atoms with E-state index >= 15 is 0 Å². The lowest BCUT2D eigenvalue weighted by Crippen LogP contribution is -2.15. The van der Waals surface area contributed by atoms with Crippen LogP contribution >= 0.6 is 22.9 Å². The molecule has 0 radical (unpaired) electrons. The average molecular weight is 332 g/mol. The minimum Gasteiger partial charge on any atom is -0.306 e. The highest BCUT2D eigenvalue weighted by Crippen LogP contribution is 2.20. The van der Waals surface area contributed by atoms with Crippen LogP contribution in [0.25, 0.3) is 0 Å². The summed E-state index contributed by atoms with van der Waals surface area (Å²) in [6, 6.07) is 13.1. The van der Waals surface area contributed by atoms with Gasteiger partial charge in [0, 0.05) is 16.0 Å². The summed E-state index contributed by atoms with van der Waals surface area (Å²) in [7, 11) is 0. The summed E-state index contributed by atoms with van der Waals surface area (Å²) in [5.74, 6) is 0.523. The number of carbonyl (C=O) groups is 1. The summed E-state index contributed by atoms with van der Waals surface area (Å²) in [5.41, 5.74) is 0.954. The van der Waals surface area contributed by atoms with Crippen LogP contribution in [0, 0.1) is 6.92 Å². The Morgan fingerprint density at radius 2 is 2.09 bits per heavy atom. The number of aryl methyl sites for hydroxylation is 1. The molecular formula is C16H14ClN3OS. The van der Waals surface area contributed by atoms with E-state index in [1.54, 1.807) is 16.9 Å². The van der Waals surface area contributed by atoms with Crippen LogP contribution in [-0.2, 0) is 6.54 Å². The van der Waals surface area contributed by atoms with Gasteiger partial charge in [0.05, 0.1) is 17.6 Å². The van der Waals surface area contributed by atoms with Crippen molar-refractivity contribution in [3.63, 3.8) is 0 Å². The third-order valence-electron chi connectivity index (χ3n) is 3.20. The first-order valence-corrected chi connectivity index (χ1v) is 7.96. The van der Waals surface area contributed by atoms with E-state index in [4.69, 9.17) is 11.6 Å². The van der Waals surface area contributed by atoms with Crippen LogP contribution in [0.3, 0.4) is 0 Å². The minimum atomic E-state index is -0.126. The second-order valence-corrected chi connectivity index (χ2v) is 6.53. The third-order valence-corrected chi connectivity index (χ3v) is 4.57. The van der Waals surface area contributed by atoms with Crippen molar-refractivity contribution in [2.45, 2.75) is 13.5 Å². The van der Waals surface area contributed by atoms with Gasteiger partial charge in [0.15, 0.2) is 0 Å². The number of amides is 1. The Bertz CT molecular complexity index is 809. The van der Waals surface area contributed by atoms with E-state index in [-0.39, 0.29) is 5.91 Å². The third kappa shape index (κ3) is 3.21. The van der Waals surface area contributed by atoms with Crippen molar-refractivity contribution in [1.82, 2.24) is 9.78 Å². The molecule has 3 aromatic rings. The topological polar surface area (TPSA) is 46.9 Å². The molecule has 0 bridgehead atoms.